The van der Waals surface area contributed by atoms with Gasteiger partial charge < -0.3 is 13.9 Å². The average Bonchev–Trinajstić information content (AvgIpc) is 2.84. The van der Waals surface area contributed by atoms with Crippen molar-refractivity contribution in [3.05, 3.63) is 113 Å². The van der Waals surface area contributed by atoms with Crippen LogP contribution in [0.15, 0.2) is 100 Å². The van der Waals surface area contributed by atoms with Crippen LogP contribution in [-0.4, -0.2) is 0 Å². The zero-order chi connectivity index (χ0) is 23.7. The molecule has 4 nitrogen and oxygen atoms in total. The molecule has 0 bridgehead atoms. The summed E-state index contributed by atoms with van der Waals surface area (Å²) in [6.07, 6.45) is -4.94. The molecule has 0 saturated heterocycles. The smallest absolute Gasteiger partial charge is 0.453 e. The lowest BCUT2D eigenvalue weighted by Gasteiger charge is -2.14. The number of alkyl halides is 3. The molecule has 4 aromatic carbocycles. The van der Waals surface area contributed by atoms with Crippen molar-refractivity contribution in [1.82, 2.24) is 0 Å². The topological polar surface area (TPSA) is 48.7 Å². The molecule has 7 heteroatoms. The summed E-state index contributed by atoms with van der Waals surface area (Å²) in [5.41, 5.74) is -0.274. The monoisotopic (exact) mass is 462 g/mol. The molecule has 0 fully saturated rings. The Balaban J connectivity index is 1.54. The second-order valence-corrected chi connectivity index (χ2v) is 7.63. The van der Waals surface area contributed by atoms with Crippen LogP contribution in [0.2, 0.25) is 0 Å². The maximum absolute atomic E-state index is 13.8. The van der Waals surface area contributed by atoms with Crippen LogP contribution in [0.3, 0.4) is 0 Å². The summed E-state index contributed by atoms with van der Waals surface area (Å²) in [6.45, 7) is 0.214. The lowest BCUT2D eigenvalue weighted by atomic mass is 10.1. The molecule has 0 saturated carbocycles. The highest BCUT2D eigenvalue weighted by Gasteiger charge is 2.40. The zero-order valence-electron chi connectivity index (χ0n) is 17.6. The van der Waals surface area contributed by atoms with E-state index in [0.717, 1.165) is 16.3 Å². The predicted octanol–water partition coefficient (Wildman–Crippen LogP) is 7.34. The van der Waals surface area contributed by atoms with E-state index in [0.29, 0.717) is 0 Å². The molecule has 5 rings (SSSR count). The molecule has 0 unspecified atom stereocenters. The van der Waals surface area contributed by atoms with Crippen LogP contribution in [0.25, 0.3) is 21.7 Å². The first-order valence-corrected chi connectivity index (χ1v) is 10.4. The molecule has 170 valence electrons. The van der Waals surface area contributed by atoms with E-state index in [4.69, 9.17) is 13.9 Å². The third-order valence-electron chi connectivity index (χ3n) is 5.27. The Labute approximate surface area is 191 Å². The van der Waals surface area contributed by atoms with Gasteiger partial charge in [0, 0.05) is 6.07 Å². The van der Waals surface area contributed by atoms with Crippen molar-refractivity contribution in [1.29, 1.82) is 0 Å². The van der Waals surface area contributed by atoms with Crippen LogP contribution in [0, 0.1) is 0 Å². The van der Waals surface area contributed by atoms with Gasteiger partial charge in [0.2, 0.25) is 11.2 Å². The second kappa shape index (κ2) is 8.59. The summed E-state index contributed by atoms with van der Waals surface area (Å²) in [6, 6.07) is 25.5. The van der Waals surface area contributed by atoms with Gasteiger partial charge in [-0.25, -0.2) is 0 Å². The SMILES string of the molecule is O=c1c(Oc2ccc3ccccc3c2)c(C(F)(F)F)oc2cc(OCc3ccccc3)ccc12. The van der Waals surface area contributed by atoms with Gasteiger partial charge in [-0.3, -0.25) is 4.79 Å². The largest absolute Gasteiger partial charge is 0.489 e. The van der Waals surface area contributed by atoms with Gasteiger partial charge in [0.15, 0.2) is 0 Å². The van der Waals surface area contributed by atoms with E-state index in [1.165, 1.54) is 24.3 Å². The van der Waals surface area contributed by atoms with E-state index in [1.54, 1.807) is 24.3 Å². The molecule has 0 aliphatic carbocycles. The van der Waals surface area contributed by atoms with Crippen LogP contribution in [0.4, 0.5) is 13.2 Å². The van der Waals surface area contributed by atoms with Crippen LogP contribution < -0.4 is 14.9 Å². The Morgan fingerprint density at radius 2 is 1.47 bits per heavy atom. The van der Waals surface area contributed by atoms with E-state index in [1.807, 2.05) is 42.5 Å². The summed E-state index contributed by atoms with van der Waals surface area (Å²) in [7, 11) is 0. The number of fused-ring (bicyclic) bond motifs is 2. The van der Waals surface area contributed by atoms with Gasteiger partial charge in [0.25, 0.3) is 5.76 Å². The Morgan fingerprint density at radius 1 is 0.765 bits per heavy atom. The maximum atomic E-state index is 13.8. The highest BCUT2D eigenvalue weighted by molar-refractivity contribution is 5.84. The van der Waals surface area contributed by atoms with Gasteiger partial charge in [-0.1, -0.05) is 60.7 Å². The quantitative estimate of drug-likeness (QED) is 0.274. The fraction of sp³-hybridized carbons (Fsp3) is 0.0741. The lowest BCUT2D eigenvalue weighted by molar-refractivity contribution is -0.154. The third kappa shape index (κ3) is 4.32. The molecule has 1 heterocycles. The van der Waals surface area contributed by atoms with Crippen molar-refractivity contribution < 1.29 is 27.1 Å². The number of rotatable bonds is 5. The van der Waals surface area contributed by atoms with Crippen LogP contribution in [0.1, 0.15) is 11.3 Å². The molecule has 34 heavy (non-hydrogen) atoms. The lowest BCUT2D eigenvalue weighted by Crippen LogP contribution is -2.15. The summed E-state index contributed by atoms with van der Waals surface area (Å²) in [4.78, 5) is 13.0. The molecule has 1 aromatic heterocycles. The Kier molecular flexibility index (Phi) is 5.45. The zero-order valence-corrected chi connectivity index (χ0v) is 17.6. The summed E-state index contributed by atoms with van der Waals surface area (Å²) in [5.74, 6) is -2.04. The number of benzene rings is 4. The molecule has 0 amide bonds. The van der Waals surface area contributed by atoms with Crippen molar-refractivity contribution in [3.8, 4) is 17.2 Å². The van der Waals surface area contributed by atoms with Crippen molar-refractivity contribution in [3.63, 3.8) is 0 Å². The van der Waals surface area contributed by atoms with E-state index in [9.17, 15) is 18.0 Å². The molecular weight excluding hydrogens is 445 g/mol. The molecule has 5 aromatic rings. The van der Waals surface area contributed by atoms with E-state index in [2.05, 4.69) is 0 Å². The van der Waals surface area contributed by atoms with Gasteiger partial charge in [-0.05, 0) is 40.6 Å². The number of ether oxygens (including phenoxy) is 2. The summed E-state index contributed by atoms with van der Waals surface area (Å²) < 4.78 is 57.8. The van der Waals surface area contributed by atoms with E-state index >= 15 is 0 Å². The van der Waals surface area contributed by atoms with Crippen LogP contribution in [0.5, 0.6) is 17.2 Å². The number of hydrogen-bond donors (Lipinski definition) is 0. The Morgan fingerprint density at radius 3 is 2.24 bits per heavy atom. The molecule has 0 spiro atoms. The first-order chi connectivity index (χ1) is 16.4. The standard InChI is InChI=1S/C27H17F3O4/c28-27(29,30)26-25(33-21-11-10-18-8-4-5-9-19(18)14-21)24(31)22-13-12-20(15-23(22)34-26)32-16-17-6-2-1-3-7-17/h1-15H,16H2. The van der Waals surface area contributed by atoms with Gasteiger partial charge in [-0.2, -0.15) is 13.2 Å². The van der Waals surface area contributed by atoms with Gasteiger partial charge >= 0.3 is 6.18 Å². The molecular formula is C27H17F3O4. The minimum absolute atomic E-state index is 0.0455. The van der Waals surface area contributed by atoms with Crippen LogP contribution in [-0.2, 0) is 12.8 Å². The fourth-order valence-corrected chi connectivity index (χ4v) is 3.62. The minimum atomic E-state index is -4.94. The molecule has 0 atom stereocenters. The number of halogens is 3. The first kappa shape index (κ1) is 21.6. The Hall–Kier alpha value is -4.26. The first-order valence-electron chi connectivity index (χ1n) is 10.4. The highest BCUT2D eigenvalue weighted by atomic mass is 19.4. The third-order valence-corrected chi connectivity index (χ3v) is 5.27. The van der Waals surface area contributed by atoms with E-state index in [-0.39, 0.29) is 29.1 Å². The highest BCUT2D eigenvalue weighted by Crippen LogP contribution is 2.39. The van der Waals surface area contributed by atoms with E-state index < -0.39 is 23.1 Å². The fourth-order valence-electron chi connectivity index (χ4n) is 3.62. The van der Waals surface area contributed by atoms with Crippen molar-refractivity contribution in [2.75, 3.05) is 0 Å². The van der Waals surface area contributed by atoms with Gasteiger partial charge in [0.05, 0.1) is 5.39 Å². The van der Waals surface area contributed by atoms with Gasteiger partial charge in [-0.15, -0.1) is 0 Å². The number of hydrogen-bond acceptors (Lipinski definition) is 4. The average molecular weight is 462 g/mol. The maximum Gasteiger partial charge on any atom is 0.453 e. The summed E-state index contributed by atoms with van der Waals surface area (Å²) >= 11 is 0. The normalized spacial score (nSPS) is 11.6. The predicted molar refractivity (Wildman–Crippen MR) is 122 cm³/mol. The Bertz CT molecular complexity index is 1540. The molecule has 0 radical (unpaired) electrons. The van der Waals surface area contributed by atoms with Crippen molar-refractivity contribution in [2.24, 2.45) is 0 Å². The molecule has 0 aliphatic rings. The van der Waals surface area contributed by atoms with Crippen molar-refractivity contribution in [2.45, 2.75) is 12.8 Å². The van der Waals surface area contributed by atoms with Gasteiger partial charge in [0.1, 0.15) is 23.7 Å². The molecule has 0 N–H and O–H groups in total. The van der Waals surface area contributed by atoms with Crippen LogP contribution >= 0.6 is 0 Å². The minimum Gasteiger partial charge on any atom is -0.489 e. The van der Waals surface area contributed by atoms with Crippen molar-refractivity contribution >= 4 is 21.7 Å². The molecule has 0 aliphatic heterocycles. The second-order valence-electron chi connectivity index (χ2n) is 7.63. The summed E-state index contributed by atoms with van der Waals surface area (Å²) in [5, 5.41) is 1.61.